The molecular formula is C16H23N3O4. The number of aryl methyl sites for hydroxylation is 1. The second-order valence-electron chi connectivity index (χ2n) is 6.09. The maximum Gasteiger partial charge on any atom is 0.293 e. The minimum Gasteiger partial charge on any atom is -0.393 e. The van der Waals surface area contributed by atoms with Crippen molar-refractivity contribution in [1.82, 2.24) is 5.32 Å². The van der Waals surface area contributed by atoms with E-state index in [1.165, 1.54) is 6.07 Å². The number of hydrogen-bond donors (Lipinski definition) is 2. The molecule has 1 aliphatic heterocycles. The quantitative estimate of drug-likeness (QED) is 0.475. The highest BCUT2D eigenvalue weighted by molar-refractivity contribution is 6.01. The van der Waals surface area contributed by atoms with Crippen LogP contribution in [0.3, 0.4) is 0 Å². The molecule has 0 unspecified atom stereocenters. The highest BCUT2D eigenvalue weighted by Gasteiger charge is 2.22. The Hall–Kier alpha value is -2.15. The lowest BCUT2D eigenvalue weighted by Crippen LogP contribution is -2.33. The van der Waals surface area contributed by atoms with Gasteiger partial charge in [-0.15, -0.1) is 0 Å². The van der Waals surface area contributed by atoms with Gasteiger partial charge in [-0.25, -0.2) is 0 Å². The number of rotatable bonds is 6. The summed E-state index contributed by atoms with van der Waals surface area (Å²) in [6.45, 7) is 4.42. The fourth-order valence-electron chi connectivity index (χ4n) is 2.80. The monoisotopic (exact) mass is 321 g/mol. The van der Waals surface area contributed by atoms with Crippen molar-refractivity contribution in [1.29, 1.82) is 0 Å². The molecular weight excluding hydrogens is 298 g/mol. The molecule has 23 heavy (non-hydrogen) atoms. The lowest BCUT2D eigenvalue weighted by Gasteiger charge is -2.17. The third-order valence-electron chi connectivity index (χ3n) is 4.07. The third-order valence-corrected chi connectivity index (χ3v) is 4.07. The standard InChI is InChI=1S/C16H23N3O4/c1-10-8-13(15(17)14(9-10)19(21)22)16(20)18-11(2)5-6-12-4-3-7-23-12/h8-9,11-12H,3-7,17H2,1-2H3,(H,18,20)/t11-,12-/m0/s1. The topological polar surface area (TPSA) is 107 Å². The van der Waals surface area contributed by atoms with Crippen molar-refractivity contribution in [2.24, 2.45) is 0 Å². The molecule has 0 aromatic heterocycles. The fourth-order valence-corrected chi connectivity index (χ4v) is 2.80. The second kappa shape index (κ2) is 7.41. The highest BCUT2D eigenvalue weighted by atomic mass is 16.6. The van der Waals surface area contributed by atoms with Gasteiger partial charge in [0.1, 0.15) is 5.69 Å². The summed E-state index contributed by atoms with van der Waals surface area (Å²) in [5, 5.41) is 13.9. The number of nitrogens with zero attached hydrogens (tertiary/aromatic N) is 1. The normalized spacial score (nSPS) is 18.6. The molecule has 1 heterocycles. The molecule has 7 nitrogen and oxygen atoms in total. The molecule has 3 N–H and O–H groups in total. The molecule has 0 saturated carbocycles. The van der Waals surface area contributed by atoms with Crippen LogP contribution in [0.1, 0.15) is 48.5 Å². The number of amides is 1. The van der Waals surface area contributed by atoms with Gasteiger partial charge in [-0.1, -0.05) is 0 Å². The van der Waals surface area contributed by atoms with Crippen molar-refractivity contribution in [3.05, 3.63) is 33.4 Å². The van der Waals surface area contributed by atoms with Crippen LogP contribution in [-0.2, 0) is 4.74 Å². The average molecular weight is 321 g/mol. The van der Waals surface area contributed by atoms with Crippen molar-refractivity contribution >= 4 is 17.3 Å². The van der Waals surface area contributed by atoms with Crippen LogP contribution in [-0.4, -0.2) is 29.6 Å². The number of nitrogens with two attached hydrogens (primary N) is 1. The van der Waals surface area contributed by atoms with E-state index >= 15 is 0 Å². The summed E-state index contributed by atoms with van der Waals surface area (Å²) < 4.78 is 5.56. The largest absolute Gasteiger partial charge is 0.393 e. The molecule has 7 heteroatoms. The van der Waals surface area contributed by atoms with Gasteiger partial charge in [-0.3, -0.25) is 14.9 Å². The summed E-state index contributed by atoms with van der Waals surface area (Å²) in [5.74, 6) is -0.380. The van der Waals surface area contributed by atoms with Gasteiger partial charge in [-0.2, -0.15) is 0 Å². The lowest BCUT2D eigenvalue weighted by atomic mass is 10.0. The Kier molecular flexibility index (Phi) is 5.54. The molecule has 1 saturated heterocycles. The maximum absolute atomic E-state index is 12.4. The molecule has 0 aliphatic carbocycles. The predicted molar refractivity (Wildman–Crippen MR) is 87.4 cm³/mol. The van der Waals surface area contributed by atoms with Crippen molar-refractivity contribution in [2.75, 3.05) is 12.3 Å². The molecule has 1 aromatic carbocycles. The average Bonchev–Trinajstić information content (AvgIpc) is 3.00. The lowest BCUT2D eigenvalue weighted by molar-refractivity contribution is -0.384. The van der Waals surface area contributed by atoms with Crippen molar-refractivity contribution < 1.29 is 14.5 Å². The van der Waals surface area contributed by atoms with Crippen LogP contribution in [0.4, 0.5) is 11.4 Å². The summed E-state index contributed by atoms with van der Waals surface area (Å²) in [6.07, 6.45) is 4.13. The summed E-state index contributed by atoms with van der Waals surface area (Å²) in [7, 11) is 0. The zero-order valence-corrected chi connectivity index (χ0v) is 13.5. The van der Waals surface area contributed by atoms with Crippen LogP contribution in [0.25, 0.3) is 0 Å². The van der Waals surface area contributed by atoms with Gasteiger partial charge in [0, 0.05) is 18.7 Å². The molecule has 1 fully saturated rings. The van der Waals surface area contributed by atoms with E-state index in [-0.39, 0.29) is 35.0 Å². The first kappa shape index (κ1) is 17.2. The fraction of sp³-hybridized carbons (Fsp3) is 0.562. The Morgan fingerprint density at radius 2 is 2.30 bits per heavy atom. The Morgan fingerprint density at radius 3 is 2.91 bits per heavy atom. The van der Waals surface area contributed by atoms with E-state index in [0.29, 0.717) is 5.56 Å². The number of nitrogen functional groups attached to an aromatic ring is 1. The van der Waals surface area contributed by atoms with Crippen LogP contribution >= 0.6 is 0 Å². The van der Waals surface area contributed by atoms with Gasteiger partial charge in [0.25, 0.3) is 11.6 Å². The van der Waals surface area contributed by atoms with Gasteiger partial charge in [0.05, 0.1) is 16.6 Å². The SMILES string of the molecule is Cc1cc(C(=O)N[C@@H](C)CC[C@@H]2CCCO2)c(N)c([N+](=O)[O-])c1. The number of benzene rings is 1. The number of carbonyl (C=O) groups excluding carboxylic acids is 1. The summed E-state index contributed by atoms with van der Waals surface area (Å²) in [5.41, 5.74) is 6.23. The molecule has 0 bridgehead atoms. The van der Waals surface area contributed by atoms with Gasteiger partial charge >= 0.3 is 0 Å². The van der Waals surface area contributed by atoms with E-state index in [2.05, 4.69) is 5.32 Å². The van der Waals surface area contributed by atoms with E-state index in [1.807, 2.05) is 6.92 Å². The number of ether oxygens (including phenoxy) is 1. The van der Waals surface area contributed by atoms with Gasteiger partial charge < -0.3 is 15.8 Å². The molecule has 126 valence electrons. The van der Waals surface area contributed by atoms with Crippen LogP contribution in [0, 0.1) is 17.0 Å². The Bertz CT molecular complexity index is 597. The molecule has 1 aromatic rings. The first-order valence-corrected chi connectivity index (χ1v) is 7.85. The Labute approximate surface area is 135 Å². The molecule has 0 spiro atoms. The minimum absolute atomic E-state index is 0.0503. The molecule has 2 atom stereocenters. The van der Waals surface area contributed by atoms with E-state index < -0.39 is 4.92 Å². The summed E-state index contributed by atoms with van der Waals surface area (Å²) >= 11 is 0. The number of carbonyl (C=O) groups is 1. The summed E-state index contributed by atoms with van der Waals surface area (Å²) in [4.78, 5) is 22.8. The first-order chi connectivity index (χ1) is 10.9. The van der Waals surface area contributed by atoms with Gasteiger partial charge in [0.15, 0.2) is 0 Å². The smallest absolute Gasteiger partial charge is 0.293 e. The molecule has 0 radical (unpaired) electrons. The van der Waals surface area contributed by atoms with Crippen LogP contribution in [0.2, 0.25) is 0 Å². The van der Waals surface area contributed by atoms with Crippen LogP contribution < -0.4 is 11.1 Å². The zero-order chi connectivity index (χ0) is 17.0. The molecule has 1 amide bonds. The number of nitrogens with one attached hydrogen (secondary N) is 1. The predicted octanol–water partition coefficient (Wildman–Crippen LogP) is 2.56. The maximum atomic E-state index is 12.4. The molecule has 1 aliphatic rings. The third kappa shape index (κ3) is 4.41. The number of anilines is 1. The number of hydrogen-bond acceptors (Lipinski definition) is 5. The van der Waals surface area contributed by atoms with Gasteiger partial charge in [-0.05, 0) is 51.2 Å². The number of nitro benzene ring substituents is 1. The summed E-state index contributed by atoms with van der Waals surface area (Å²) in [6, 6.07) is 2.89. The Balaban J connectivity index is 2.00. The van der Waals surface area contributed by atoms with E-state index in [9.17, 15) is 14.9 Å². The zero-order valence-electron chi connectivity index (χ0n) is 13.5. The highest BCUT2D eigenvalue weighted by Crippen LogP contribution is 2.27. The van der Waals surface area contributed by atoms with E-state index in [0.717, 1.165) is 32.3 Å². The van der Waals surface area contributed by atoms with E-state index in [4.69, 9.17) is 10.5 Å². The van der Waals surface area contributed by atoms with Crippen molar-refractivity contribution in [2.45, 2.75) is 51.7 Å². The van der Waals surface area contributed by atoms with E-state index in [1.54, 1.807) is 13.0 Å². The van der Waals surface area contributed by atoms with Crippen molar-refractivity contribution in [3.63, 3.8) is 0 Å². The van der Waals surface area contributed by atoms with Crippen LogP contribution in [0.5, 0.6) is 0 Å². The first-order valence-electron chi connectivity index (χ1n) is 7.85. The molecule has 2 rings (SSSR count). The number of nitro groups is 1. The van der Waals surface area contributed by atoms with Gasteiger partial charge in [0.2, 0.25) is 0 Å². The van der Waals surface area contributed by atoms with Crippen molar-refractivity contribution in [3.8, 4) is 0 Å². The second-order valence-corrected chi connectivity index (χ2v) is 6.09. The van der Waals surface area contributed by atoms with Crippen LogP contribution in [0.15, 0.2) is 12.1 Å². The Morgan fingerprint density at radius 1 is 1.57 bits per heavy atom. The minimum atomic E-state index is -0.569.